The normalized spacial score (nSPS) is 22.9. The number of ether oxygens (including phenoxy) is 3. The summed E-state index contributed by atoms with van der Waals surface area (Å²) in [5.41, 5.74) is -15.6. The molecule has 2 N–H and O–H groups in total. The third-order valence-corrected chi connectivity index (χ3v) is 8.56. The number of hydrogen-bond acceptors (Lipinski definition) is 6. The molecule has 3 unspecified atom stereocenters. The molecule has 1 saturated carbocycles. The van der Waals surface area contributed by atoms with E-state index in [9.17, 15) is 41.4 Å². The minimum atomic E-state index is -6.12. The van der Waals surface area contributed by atoms with Gasteiger partial charge >= 0.3 is 18.3 Å². The van der Waals surface area contributed by atoms with Gasteiger partial charge in [-0.2, -0.15) is 26.3 Å². The van der Waals surface area contributed by atoms with Crippen molar-refractivity contribution in [3.05, 3.63) is 12.2 Å². The molecular weight excluding hydrogens is 534 g/mol. The molecule has 0 aromatic heterocycles. The molecule has 0 aromatic rings. The molecule has 0 amide bonds. The topological polar surface area (TPSA) is 85.2 Å². The van der Waals surface area contributed by atoms with Crippen LogP contribution in [0.25, 0.3) is 0 Å². The third-order valence-electron chi connectivity index (χ3n) is 8.56. The van der Waals surface area contributed by atoms with Crippen LogP contribution in [0.2, 0.25) is 0 Å². The standard InChI is InChI=1S/C27H44F6O6/c1-15(2)18(34)37-16(3)17-14-24(17,21(8,9)38-20(6,7)19(4,5)35)22(10,11)39-23(12,13)25(36,26(28,29)30)27(31,32)33/h16-17,35-36H,1,14H2,2-13H3. The number of halogens is 6. The van der Waals surface area contributed by atoms with Crippen LogP contribution >= 0.6 is 0 Å². The molecule has 0 spiro atoms. The van der Waals surface area contributed by atoms with Crippen molar-refractivity contribution in [2.75, 3.05) is 0 Å². The number of hydrogen-bond donors (Lipinski definition) is 2. The molecule has 0 bridgehead atoms. The molecule has 1 rings (SSSR count). The molecule has 1 aliphatic rings. The SMILES string of the molecule is C=C(C)C(=O)OC(C)C1CC1(C(C)(C)OC(C)(C)C(C)(C)O)C(C)(C)OC(C)(C)C(O)(C(F)(F)F)C(F)(F)F. The van der Waals surface area contributed by atoms with Crippen molar-refractivity contribution >= 4 is 5.97 Å². The van der Waals surface area contributed by atoms with Crippen LogP contribution in [0.5, 0.6) is 0 Å². The maximum Gasteiger partial charge on any atom is 0.429 e. The van der Waals surface area contributed by atoms with Crippen LogP contribution in [-0.2, 0) is 19.0 Å². The fraction of sp³-hybridized carbons (Fsp3) is 0.889. The van der Waals surface area contributed by atoms with Crippen LogP contribution in [0.15, 0.2) is 12.2 Å². The van der Waals surface area contributed by atoms with Gasteiger partial charge in [-0.05, 0) is 89.5 Å². The van der Waals surface area contributed by atoms with Gasteiger partial charge in [-0.25, -0.2) is 4.79 Å². The minimum absolute atomic E-state index is 0.101. The predicted molar refractivity (Wildman–Crippen MR) is 133 cm³/mol. The molecule has 1 fully saturated rings. The molecule has 0 aliphatic heterocycles. The number of rotatable bonds is 11. The second-order valence-electron chi connectivity index (χ2n) is 13.2. The highest BCUT2D eigenvalue weighted by Gasteiger charge is 2.81. The Balaban J connectivity index is 3.76. The van der Waals surface area contributed by atoms with Gasteiger partial charge in [-0.15, -0.1) is 0 Å². The molecule has 0 radical (unpaired) electrons. The van der Waals surface area contributed by atoms with Gasteiger partial charge in [0.25, 0.3) is 5.60 Å². The van der Waals surface area contributed by atoms with Crippen molar-refractivity contribution in [1.29, 1.82) is 0 Å². The Morgan fingerprint density at radius 1 is 0.821 bits per heavy atom. The van der Waals surface area contributed by atoms with Crippen LogP contribution in [0.3, 0.4) is 0 Å². The van der Waals surface area contributed by atoms with Crippen LogP contribution in [0.4, 0.5) is 26.3 Å². The average Bonchev–Trinajstić information content (AvgIpc) is 3.41. The summed E-state index contributed by atoms with van der Waals surface area (Å²) in [4.78, 5) is 12.2. The fourth-order valence-electron chi connectivity index (χ4n) is 5.82. The van der Waals surface area contributed by atoms with Crippen LogP contribution in [0.1, 0.15) is 89.5 Å². The fourth-order valence-corrected chi connectivity index (χ4v) is 5.82. The van der Waals surface area contributed by atoms with E-state index >= 15 is 0 Å². The lowest BCUT2D eigenvalue weighted by molar-refractivity contribution is -0.424. The summed E-state index contributed by atoms with van der Waals surface area (Å²) < 4.78 is 101. The van der Waals surface area contributed by atoms with E-state index in [1.807, 2.05) is 0 Å². The lowest BCUT2D eigenvalue weighted by Crippen LogP contribution is -2.72. The quantitative estimate of drug-likeness (QED) is 0.171. The maximum atomic E-state index is 13.8. The molecule has 1 aliphatic carbocycles. The first-order chi connectivity index (χ1) is 16.8. The summed E-state index contributed by atoms with van der Waals surface area (Å²) in [5.74, 6) is -1.37. The molecule has 230 valence electrons. The summed E-state index contributed by atoms with van der Waals surface area (Å²) in [6.07, 6.45) is -13.0. The second-order valence-corrected chi connectivity index (χ2v) is 13.2. The maximum absolute atomic E-state index is 13.8. The Kier molecular flexibility index (Phi) is 9.03. The van der Waals surface area contributed by atoms with Gasteiger partial charge in [0.05, 0.1) is 22.4 Å². The van der Waals surface area contributed by atoms with Crippen molar-refractivity contribution in [3.8, 4) is 0 Å². The monoisotopic (exact) mass is 578 g/mol. The molecule has 0 heterocycles. The number of alkyl halides is 6. The van der Waals surface area contributed by atoms with E-state index in [1.54, 1.807) is 34.6 Å². The third kappa shape index (κ3) is 5.99. The number of carbonyl (C=O) groups is 1. The molecule has 6 nitrogen and oxygen atoms in total. The van der Waals surface area contributed by atoms with Crippen LogP contribution < -0.4 is 0 Å². The summed E-state index contributed by atoms with van der Waals surface area (Å²) in [5, 5.41) is 20.9. The zero-order chi connectivity index (χ0) is 31.6. The summed E-state index contributed by atoms with van der Waals surface area (Å²) >= 11 is 0. The largest absolute Gasteiger partial charge is 0.459 e. The zero-order valence-corrected chi connectivity index (χ0v) is 24.9. The van der Waals surface area contributed by atoms with Gasteiger partial charge < -0.3 is 24.4 Å². The van der Waals surface area contributed by atoms with E-state index < -0.39 is 69.4 Å². The number of esters is 1. The molecule has 0 aromatic carbocycles. The smallest absolute Gasteiger partial charge is 0.429 e. The molecule has 3 atom stereocenters. The highest BCUT2D eigenvalue weighted by atomic mass is 19.4. The predicted octanol–water partition coefficient (Wildman–Crippen LogP) is 6.27. The summed E-state index contributed by atoms with van der Waals surface area (Å²) in [6, 6.07) is 0. The van der Waals surface area contributed by atoms with Crippen molar-refractivity contribution in [3.63, 3.8) is 0 Å². The van der Waals surface area contributed by atoms with Gasteiger partial charge in [0.2, 0.25) is 0 Å². The zero-order valence-electron chi connectivity index (χ0n) is 24.9. The average molecular weight is 579 g/mol. The van der Waals surface area contributed by atoms with Gasteiger partial charge in [0, 0.05) is 16.9 Å². The van der Waals surface area contributed by atoms with Gasteiger partial charge in [-0.3, -0.25) is 0 Å². The van der Waals surface area contributed by atoms with Gasteiger partial charge in [0.15, 0.2) is 0 Å². The second kappa shape index (κ2) is 9.87. The Bertz CT molecular complexity index is 928. The highest BCUT2D eigenvalue weighted by Crippen LogP contribution is 2.70. The van der Waals surface area contributed by atoms with E-state index in [0.29, 0.717) is 13.8 Å². The van der Waals surface area contributed by atoms with Gasteiger partial charge in [-0.1, -0.05) is 6.58 Å². The summed E-state index contributed by atoms with van der Waals surface area (Å²) in [7, 11) is 0. The highest BCUT2D eigenvalue weighted by molar-refractivity contribution is 5.87. The lowest BCUT2D eigenvalue weighted by Gasteiger charge is -2.55. The van der Waals surface area contributed by atoms with E-state index in [2.05, 4.69) is 6.58 Å². The first-order valence-corrected chi connectivity index (χ1v) is 12.6. The molecule has 0 saturated heterocycles. The Labute approximate surface area is 227 Å². The van der Waals surface area contributed by atoms with E-state index in [1.165, 1.54) is 34.6 Å². The van der Waals surface area contributed by atoms with E-state index in [-0.39, 0.29) is 12.0 Å². The van der Waals surface area contributed by atoms with E-state index in [0.717, 1.165) is 0 Å². The Morgan fingerprint density at radius 2 is 1.18 bits per heavy atom. The van der Waals surface area contributed by atoms with Crippen molar-refractivity contribution in [2.24, 2.45) is 11.3 Å². The van der Waals surface area contributed by atoms with Gasteiger partial charge in [0.1, 0.15) is 11.7 Å². The van der Waals surface area contributed by atoms with Crippen molar-refractivity contribution in [2.45, 2.75) is 142 Å². The number of aliphatic hydroxyl groups is 2. The first-order valence-electron chi connectivity index (χ1n) is 12.6. The van der Waals surface area contributed by atoms with E-state index in [4.69, 9.17) is 14.2 Å². The van der Waals surface area contributed by atoms with Crippen LogP contribution in [-0.4, -0.2) is 68.2 Å². The Hall–Kier alpha value is -1.37. The lowest BCUT2D eigenvalue weighted by atomic mass is 9.70. The number of carbonyl (C=O) groups excluding carboxylic acids is 1. The molecular formula is C27H44F6O6. The molecule has 12 heteroatoms. The molecule has 39 heavy (non-hydrogen) atoms. The van der Waals surface area contributed by atoms with Crippen LogP contribution in [0, 0.1) is 11.3 Å². The minimum Gasteiger partial charge on any atom is -0.459 e. The summed E-state index contributed by atoms with van der Waals surface area (Å²) in [6.45, 7) is 19.5. The Morgan fingerprint density at radius 3 is 1.49 bits per heavy atom. The van der Waals surface area contributed by atoms with Crippen molar-refractivity contribution < 1.29 is 55.6 Å². The van der Waals surface area contributed by atoms with Crippen molar-refractivity contribution in [1.82, 2.24) is 0 Å². The first kappa shape index (κ1) is 35.7.